The van der Waals surface area contributed by atoms with Crippen LogP contribution in [-0.4, -0.2) is 49.8 Å². The Balaban J connectivity index is 1.43. The van der Waals surface area contributed by atoms with Crippen LogP contribution in [0.1, 0.15) is 43.7 Å². The van der Waals surface area contributed by atoms with Crippen LogP contribution in [0.4, 0.5) is 0 Å². The summed E-state index contributed by atoms with van der Waals surface area (Å²) in [6.45, 7) is 10.2. The van der Waals surface area contributed by atoms with Gasteiger partial charge in [0.2, 0.25) is 10.0 Å². The first-order chi connectivity index (χ1) is 12.3. The van der Waals surface area contributed by atoms with Crippen molar-refractivity contribution < 1.29 is 8.42 Å². The van der Waals surface area contributed by atoms with E-state index in [4.69, 9.17) is 0 Å². The van der Waals surface area contributed by atoms with Crippen molar-refractivity contribution in [3.63, 3.8) is 0 Å². The average molecular weight is 377 g/mol. The van der Waals surface area contributed by atoms with Crippen molar-refractivity contribution in [1.29, 1.82) is 0 Å². The van der Waals surface area contributed by atoms with Gasteiger partial charge in [0, 0.05) is 19.1 Å². The van der Waals surface area contributed by atoms with Crippen molar-refractivity contribution in [2.24, 2.45) is 17.8 Å². The summed E-state index contributed by atoms with van der Waals surface area (Å²) in [5.74, 6) is 1.95. The van der Waals surface area contributed by atoms with Gasteiger partial charge in [-0.05, 0) is 82.0 Å². The van der Waals surface area contributed by atoms with E-state index in [1.165, 1.54) is 38.8 Å². The quantitative estimate of drug-likeness (QED) is 0.811. The largest absolute Gasteiger partial charge is 0.300 e. The van der Waals surface area contributed by atoms with Gasteiger partial charge >= 0.3 is 0 Å². The first kappa shape index (κ1) is 18.5. The van der Waals surface area contributed by atoms with Gasteiger partial charge in [0.1, 0.15) is 0 Å². The molecular weight excluding hydrogens is 344 g/mol. The Morgan fingerprint density at radius 3 is 2.19 bits per heavy atom. The molecule has 2 aliphatic heterocycles. The molecule has 0 aromatic heterocycles. The van der Waals surface area contributed by atoms with Gasteiger partial charge in [-0.1, -0.05) is 24.6 Å². The molecule has 1 aliphatic carbocycles. The predicted octanol–water partition coefficient (Wildman–Crippen LogP) is 3.43. The third-order valence-corrected chi connectivity index (χ3v) is 8.97. The summed E-state index contributed by atoms with van der Waals surface area (Å²) < 4.78 is 28.0. The van der Waals surface area contributed by atoms with Crippen molar-refractivity contribution in [1.82, 2.24) is 9.21 Å². The number of sulfonamides is 1. The summed E-state index contributed by atoms with van der Waals surface area (Å²) in [6.07, 6.45) is 4.99. The lowest BCUT2D eigenvalue weighted by atomic mass is 9.97. The zero-order valence-corrected chi connectivity index (χ0v) is 17.1. The van der Waals surface area contributed by atoms with Crippen molar-refractivity contribution in [2.45, 2.75) is 57.4 Å². The average Bonchev–Trinajstić information content (AvgIpc) is 3.14. The molecule has 3 fully saturated rings. The molecule has 2 heterocycles. The maximum Gasteiger partial charge on any atom is 0.243 e. The number of likely N-dealkylation sites (tertiary alicyclic amines) is 1. The molecule has 0 bridgehead atoms. The molecule has 0 unspecified atom stereocenters. The lowest BCUT2D eigenvalue weighted by Gasteiger charge is -2.35. The normalized spacial score (nSPS) is 29.3. The highest BCUT2D eigenvalue weighted by Crippen LogP contribution is 2.42. The number of nitrogens with zero attached hydrogens (tertiary/aromatic N) is 2. The van der Waals surface area contributed by atoms with Crippen LogP contribution < -0.4 is 0 Å². The summed E-state index contributed by atoms with van der Waals surface area (Å²) in [5.41, 5.74) is 1.97. The van der Waals surface area contributed by atoms with Gasteiger partial charge in [0.25, 0.3) is 0 Å². The minimum Gasteiger partial charge on any atom is -0.300 e. The molecule has 144 valence electrons. The Kier molecular flexibility index (Phi) is 4.91. The number of rotatable bonds is 3. The van der Waals surface area contributed by atoms with Crippen molar-refractivity contribution in [2.75, 3.05) is 26.2 Å². The second kappa shape index (κ2) is 6.92. The van der Waals surface area contributed by atoms with E-state index < -0.39 is 10.0 Å². The van der Waals surface area contributed by atoms with Crippen LogP contribution >= 0.6 is 0 Å². The molecule has 3 aliphatic rings. The summed E-state index contributed by atoms with van der Waals surface area (Å²) >= 11 is 0. The fourth-order valence-electron chi connectivity index (χ4n) is 5.34. The van der Waals surface area contributed by atoms with Crippen molar-refractivity contribution in [3.05, 3.63) is 29.3 Å². The topological polar surface area (TPSA) is 40.6 Å². The molecule has 5 heteroatoms. The van der Waals surface area contributed by atoms with E-state index in [9.17, 15) is 8.42 Å². The van der Waals surface area contributed by atoms with Crippen LogP contribution in [0.3, 0.4) is 0 Å². The first-order valence-electron chi connectivity index (χ1n) is 10.2. The van der Waals surface area contributed by atoms with Gasteiger partial charge < -0.3 is 4.90 Å². The van der Waals surface area contributed by atoms with Gasteiger partial charge in [0.05, 0.1) is 4.90 Å². The Hall–Kier alpha value is -0.910. The van der Waals surface area contributed by atoms with E-state index in [2.05, 4.69) is 11.8 Å². The lowest BCUT2D eigenvalue weighted by molar-refractivity contribution is 0.133. The Morgan fingerprint density at radius 1 is 1.00 bits per heavy atom. The molecule has 1 aromatic carbocycles. The van der Waals surface area contributed by atoms with Crippen molar-refractivity contribution in [3.8, 4) is 0 Å². The lowest BCUT2D eigenvalue weighted by Crippen LogP contribution is -2.41. The van der Waals surface area contributed by atoms with E-state index in [0.29, 0.717) is 35.9 Å². The van der Waals surface area contributed by atoms with Crippen LogP contribution in [0.15, 0.2) is 23.1 Å². The summed E-state index contributed by atoms with van der Waals surface area (Å²) in [4.78, 5) is 3.17. The highest BCUT2D eigenvalue weighted by atomic mass is 32.2. The molecule has 2 atom stereocenters. The maximum absolute atomic E-state index is 13.1. The Morgan fingerprint density at radius 2 is 1.62 bits per heavy atom. The summed E-state index contributed by atoms with van der Waals surface area (Å²) in [6, 6.07) is 6.34. The minimum absolute atomic E-state index is 0.490. The van der Waals surface area contributed by atoms with E-state index in [0.717, 1.165) is 17.0 Å². The minimum atomic E-state index is -3.36. The predicted molar refractivity (Wildman–Crippen MR) is 105 cm³/mol. The van der Waals surface area contributed by atoms with Crippen LogP contribution in [0, 0.1) is 31.6 Å². The summed E-state index contributed by atoms with van der Waals surface area (Å²) in [7, 11) is -3.36. The second-order valence-electron chi connectivity index (χ2n) is 8.95. The molecule has 4 nitrogen and oxygen atoms in total. The number of hydrogen-bond donors (Lipinski definition) is 0. The number of hydrogen-bond acceptors (Lipinski definition) is 3. The monoisotopic (exact) mass is 376 g/mol. The van der Waals surface area contributed by atoms with Crippen LogP contribution in [0.5, 0.6) is 0 Å². The van der Waals surface area contributed by atoms with Gasteiger partial charge in [-0.15, -0.1) is 0 Å². The fourth-order valence-corrected chi connectivity index (χ4v) is 7.10. The number of aryl methyl sites for hydroxylation is 2. The standard InChI is InChI=1S/C21H32N2O2S/c1-15-6-8-22(9-7-15)20-11-18-13-23(14-19(18)12-20)26(24,25)21-5-4-16(2)10-17(21)3/h4-5,10,15,18-20H,6-9,11-14H2,1-3H3/t18-,19-/m1/s1. The molecular formula is C21H32N2O2S. The molecule has 26 heavy (non-hydrogen) atoms. The highest BCUT2D eigenvalue weighted by molar-refractivity contribution is 7.89. The Bertz CT molecular complexity index is 754. The van der Waals surface area contributed by atoms with E-state index in [1.807, 2.05) is 26.0 Å². The Labute approximate surface area is 158 Å². The van der Waals surface area contributed by atoms with Crippen LogP contribution in [0.25, 0.3) is 0 Å². The SMILES string of the molecule is Cc1ccc(S(=O)(=O)N2C[C@H]3CC(N4CCC(C)CC4)C[C@@H]3C2)c(C)c1. The van der Waals surface area contributed by atoms with Gasteiger partial charge in [-0.3, -0.25) is 0 Å². The maximum atomic E-state index is 13.1. The van der Waals surface area contributed by atoms with Crippen LogP contribution in [0.2, 0.25) is 0 Å². The smallest absolute Gasteiger partial charge is 0.243 e. The molecule has 4 rings (SSSR count). The van der Waals surface area contributed by atoms with Gasteiger partial charge in [-0.2, -0.15) is 4.31 Å². The van der Waals surface area contributed by atoms with Crippen LogP contribution in [-0.2, 0) is 10.0 Å². The third-order valence-electron chi connectivity index (χ3n) is 6.98. The number of fused-ring (bicyclic) bond motifs is 1. The second-order valence-corrected chi connectivity index (χ2v) is 10.9. The molecule has 0 amide bonds. The molecule has 1 saturated carbocycles. The zero-order chi connectivity index (χ0) is 18.5. The van der Waals surface area contributed by atoms with Gasteiger partial charge in [0.15, 0.2) is 0 Å². The number of benzene rings is 1. The van der Waals surface area contributed by atoms with E-state index >= 15 is 0 Å². The van der Waals surface area contributed by atoms with Crippen molar-refractivity contribution >= 4 is 10.0 Å². The van der Waals surface area contributed by atoms with E-state index in [-0.39, 0.29) is 0 Å². The van der Waals surface area contributed by atoms with Gasteiger partial charge in [-0.25, -0.2) is 8.42 Å². The first-order valence-corrected chi connectivity index (χ1v) is 11.6. The fraction of sp³-hybridized carbons (Fsp3) is 0.714. The van der Waals surface area contributed by atoms with E-state index in [1.54, 1.807) is 10.4 Å². The molecule has 2 saturated heterocycles. The zero-order valence-electron chi connectivity index (χ0n) is 16.3. The number of piperidine rings is 1. The highest BCUT2D eigenvalue weighted by Gasteiger charge is 2.46. The molecule has 0 spiro atoms. The molecule has 1 aromatic rings. The molecule has 0 radical (unpaired) electrons. The molecule has 0 N–H and O–H groups in total. The summed E-state index contributed by atoms with van der Waals surface area (Å²) in [5, 5.41) is 0. The third kappa shape index (κ3) is 3.34.